The molecule has 0 saturated heterocycles. The second-order valence-corrected chi connectivity index (χ2v) is 7.74. The van der Waals surface area contributed by atoms with Crippen molar-refractivity contribution in [2.75, 3.05) is 0 Å². The standard InChI is InChI=1S/C16H18I/c1-11-5-12(2)8-15(7-11)17-16-9-13(3)6-14(4)10-16/h5-10H,1-4H3/q+1. The molecule has 88 valence electrons. The average molecular weight is 337 g/mol. The minimum atomic E-state index is -0.0384. The molecule has 0 aromatic heterocycles. The van der Waals surface area contributed by atoms with Gasteiger partial charge in [-0.25, -0.2) is 0 Å². The number of aryl methyl sites for hydroxylation is 4. The molecule has 2 aromatic rings. The normalized spacial score (nSPS) is 10.6. The van der Waals surface area contributed by atoms with Crippen LogP contribution in [-0.2, 0) is 0 Å². The molecule has 0 aliphatic heterocycles. The molecule has 0 amide bonds. The van der Waals surface area contributed by atoms with Crippen molar-refractivity contribution in [2.45, 2.75) is 27.7 Å². The zero-order valence-corrected chi connectivity index (χ0v) is 13.0. The van der Waals surface area contributed by atoms with Gasteiger partial charge in [-0.15, -0.1) is 0 Å². The molecule has 0 bridgehead atoms. The lowest BCUT2D eigenvalue weighted by molar-refractivity contribution is -0.597. The van der Waals surface area contributed by atoms with Crippen LogP contribution in [0, 0.1) is 34.8 Å². The van der Waals surface area contributed by atoms with Crippen LogP contribution in [0.5, 0.6) is 0 Å². The maximum Gasteiger partial charge on any atom is 0.357 e. The molecule has 0 spiro atoms. The summed E-state index contributed by atoms with van der Waals surface area (Å²) in [6.07, 6.45) is 0. The van der Waals surface area contributed by atoms with Gasteiger partial charge < -0.3 is 0 Å². The van der Waals surface area contributed by atoms with Gasteiger partial charge in [0.05, 0.1) is 0 Å². The molecule has 0 atom stereocenters. The summed E-state index contributed by atoms with van der Waals surface area (Å²) in [7, 11) is 0. The molecular formula is C16H18I+. The highest BCUT2D eigenvalue weighted by molar-refractivity contribution is 5.22. The Morgan fingerprint density at radius 3 is 1.12 bits per heavy atom. The van der Waals surface area contributed by atoms with E-state index in [4.69, 9.17) is 0 Å². The maximum atomic E-state index is 2.33. The first-order chi connectivity index (χ1) is 8.02. The van der Waals surface area contributed by atoms with Crippen molar-refractivity contribution in [1.29, 1.82) is 0 Å². The van der Waals surface area contributed by atoms with E-state index >= 15 is 0 Å². The first kappa shape index (κ1) is 12.6. The van der Waals surface area contributed by atoms with E-state index in [0.29, 0.717) is 0 Å². The zero-order valence-electron chi connectivity index (χ0n) is 10.8. The van der Waals surface area contributed by atoms with Crippen molar-refractivity contribution in [3.63, 3.8) is 0 Å². The summed E-state index contributed by atoms with van der Waals surface area (Å²) in [4.78, 5) is 0. The van der Waals surface area contributed by atoms with Gasteiger partial charge in [-0.1, -0.05) is 12.1 Å². The Kier molecular flexibility index (Phi) is 3.87. The van der Waals surface area contributed by atoms with Crippen LogP contribution >= 0.6 is 0 Å². The molecule has 0 aliphatic carbocycles. The molecule has 0 fully saturated rings. The molecule has 0 nitrogen and oxygen atoms in total. The van der Waals surface area contributed by atoms with Crippen molar-refractivity contribution < 1.29 is 21.2 Å². The zero-order chi connectivity index (χ0) is 12.4. The quantitative estimate of drug-likeness (QED) is 0.719. The summed E-state index contributed by atoms with van der Waals surface area (Å²) in [5.74, 6) is 0. The third-order valence-electron chi connectivity index (χ3n) is 2.59. The highest BCUT2D eigenvalue weighted by atomic mass is 127. The molecule has 0 saturated carbocycles. The Morgan fingerprint density at radius 1 is 0.529 bits per heavy atom. The molecule has 0 aliphatic rings. The largest absolute Gasteiger partial charge is 0.357 e. The molecule has 0 unspecified atom stereocenters. The molecule has 2 rings (SSSR count). The van der Waals surface area contributed by atoms with Crippen LogP contribution in [0.3, 0.4) is 0 Å². The summed E-state index contributed by atoms with van der Waals surface area (Å²) in [5.41, 5.74) is 5.52. The van der Waals surface area contributed by atoms with Gasteiger partial charge in [-0.3, -0.25) is 0 Å². The summed E-state index contributed by atoms with van der Waals surface area (Å²) >= 11 is -0.0384. The summed E-state index contributed by atoms with van der Waals surface area (Å²) in [5, 5.41) is 0. The molecule has 0 radical (unpaired) electrons. The molecule has 0 N–H and O–H groups in total. The molecule has 17 heavy (non-hydrogen) atoms. The van der Waals surface area contributed by atoms with Crippen molar-refractivity contribution in [3.8, 4) is 0 Å². The van der Waals surface area contributed by atoms with Gasteiger partial charge in [0.2, 0.25) is 0 Å². The van der Waals surface area contributed by atoms with Gasteiger partial charge in [0.15, 0.2) is 7.14 Å². The van der Waals surface area contributed by atoms with E-state index in [-0.39, 0.29) is 21.2 Å². The van der Waals surface area contributed by atoms with Gasteiger partial charge in [0.25, 0.3) is 0 Å². The van der Waals surface area contributed by atoms with E-state index < -0.39 is 0 Å². The highest BCUT2D eigenvalue weighted by Crippen LogP contribution is 2.03. The summed E-state index contributed by atoms with van der Waals surface area (Å²) < 4.78 is 3.04. The van der Waals surface area contributed by atoms with Crippen molar-refractivity contribution in [1.82, 2.24) is 0 Å². The van der Waals surface area contributed by atoms with Gasteiger partial charge in [-0.05, 0) is 74.2 Å². The van der Waals surface area contributed by atoms with E-state index in [1.807, 2.05) is 0 Å². The fourth-order valence-electron chi connectivity index (χ4n) is 2.07. The Bertz CT molecular complexity index is 451. The van der Waals surface area contributed by atoms with Crippen LogP contribution in [0.2, 0.25) is 0 Å². The predicted molar refractivity (Wildman–Crippen MR) is 69.2 cm³/mol. The first-order valence-electron chi connectivity index (χ1n) is 5.84. The Morgan fingerprint density at radius 2 is 0.824 bits per heavy atom. The Hall–Kier alpha value is -0.830. The smallest absolute Gasteiger partial charge is 0.0561 e. The van der Waals surface area contributed by atoms with E-state index in [2.05, 4.69) is 64.1 Å². The topological polar surface area (TPSA) is 0 Å². The van der Waals surface area contributed by atoms with Gasteiger partial charge in [0.1, 0.15) is 0 Å². The predicted octanol–water partition coefficient (Wildman–Crippen LogP) is 1.05. The van der Waals surface area contributed by atoms with Crippen LogP contribution in [0.15, 0.2) is 36.4 Å². The van der Waals surface area contributed by atoms with Crippen LogP contribution in [0.4, 0.5) is 0 Å². The SMILES string of the molecule is Cc1cc(C)cc([I+]c2cc(C)cc(C)c2)c1. The Balaban J connectivity index is 2.31. The van der Waals surface area contributed by atoms with Crippen LogP contribution in [-0.4, -0.2) is 0 Å². The maximum absolute atomic E-state index is 2.33. The number of hydrogen-bond acceptors (Lipinski definition) is 0. The second kappa shape index (κ2) is 5.21. The summed E-state index contributed by atoms with van der Waals surface area (Å²) in [6, 6.07) is 13.8. The van der Waals surface area contributed by atoms with Gasteiger partial charge in [-0.2, -0.15) is 0 Å². The molecule has 0 heterocycles. The minimum Gasteiger partial charge on any atom is -0.0561 e. The van der Waals surface area contributed by atoms with Gasteiger partial charge >= 0.3 is 21.2 Å². The van der Waals surface area contributed by atoms with E-state index in [9.17, 15) is 0 Å². The monoisotopic (exact) mass is 337 g/mol. The third-order valence-corrected chi connectivity index (χ3v) is 5.08. The van der Waals surface area contributed by atoms with E-state index in [1.54, 1.807) is 0 Å². The number of rotatable bonds is 2. The lowest BCUT2D eigenvalue weighted by Crippen LogP contribution is -3.61. The fourth-order valence-corrected chi connectivity index (χ4v) is 5.38. The van der Waals surface area contributed by atoms with Crippen molar-refractivity contribution >= 4 is 0 Å². The number of halogens is 1. The molecule has 2 aromatic carbocycles. The number of benzene rings is 2. The average Bonchev–Trinajstić information content (AvgIpc) is 2.13. The lowest BCUT2D eigenvalue weighted by atomic mass is 10.2. The van der Waals surface area contributed by atoms with E-state index in [0.717, 1.165) is 0 Å². The molecular weight excluding hydrogens is 319 g/mol. The highest BCUT2D eigenvalue weighted by Gasteiger charge is 2.16. The van der Waals surface area contributed by atoms with E-state index in [1.165, 1.54) is 29.4 Å². The third kappa shape index (κ3) is 3.56. The van der Waals surface area contributed by atoms with Crippen molar-refractivity contribution in [3.05, 3.63) is 65.8 Å². The van der Waals surface area contributed by atoms with Crippen molar-refractivity contribution in [2.24, 2.45) is 0 Å². The van der Waals surface area contributed by atoms with Crippen LogP contribution < -0.4 is 21.2 Å². The number of hydrogen-bond donors (Lipinski definition) is 0. The summed E-state index contributed by atoms with van der Waals surface area (Å²) in [6.45, 7) is 8.73. The van der Waals surface area contributed by atoms with Gasteiger partial charge in [0, 0.05) is 0 Å². The second-order valence-electron chi connectivity index (χ2n) is 4.71. The van der Waals surface area contributed by atoms with Crippen LogP contribution in [0.1, 0.15) is 22.3 Å². The Labute approximate surface area is 114 Å². The van der Waals surface area contributed by atoms with Crippen LogP contribution in [0.25, 0.3) is 0 Å². The minimum absolute atomic E-state index is 0.0384. The molecule has 1 heteroatoms. The lowest BCUT2D eigenvalue weighted by Gasteiger charge is -1.97. The first-order valence-corrected chi connectivity index (χ1v) is 8.00. The fraction of sp³-hybridized carbons (Fsp3) is 0.250.